The van der Waals surface area contributed by atoms with E-state index in [1.807, 2.05) is 48.5 Å². The lowest BCUT2D eigenvalue weighted by molar-refractivity contribution is -0.113. The number of hydrogen-bond donors (Lipinski definition) is 1. The summed E-state index contributed by atoms with van der Waals surface area (Å²) in [4.78, 5) is 12.0. The number of amides is 1. The molecule has 0 heterocycles. The lowest BCUT2D eigenvalue weighted by Crippen LogP contribution is -2.16. The number of benzene rings is 2. The minimum Gasteiger partial charge on any atom is -0.493 e. The average Bonchev–Trinajstić information content (AvgIpc) is 2.57. The van der Waals surface area contributed by atoms with Gasteiger partial charge in [0.25, 0.3) is 0 Å². The van der Waals surface area contributed by atoms with Crippen LogP contribution in [0, 0.1) is 0 Å². The van der Waals surface area contributed by atoms with E-state index in [-0.39, 0.29) is 5.91 Å². The fourth-order valence-electron chi connectivity index (χ4n) is 2.05. The highest BCUT2D eigenvalue weighted by Gasteiger charge is 2.05. The van der Waals surface area contributed by atoms with Crippen LogP contribution in [0.4, 0.5) is 5.69 Å². The van der Waals surface area contributed by atoms with Crippen LogP contribution in [0.25, 0.3) is 0 Å². The number of halogens is 1. The van der Waals surface area contributed by atoms with E-state index in [2.05, 4.69) is 28.2 Å². The van der Waals surface area contributed by atoms with E-state index < -0.39 is 0 Å². The smallest absolute Gasteiger partial charge is 0.234 e. The Morgan fingerprint density at radius 3 is 2.65 bits per heavy atom. The Bertz CT molecular complexity index is 631. The maximum absolute atomic E-state index is 12.0. The van der Waals surface area contributed by atoms with Gasteiger partial charge in [-0.3, -0.25) is 4.79 Å². The second kappa shape index (κ2) is 9.63. The molecular weight excluding hydrogens is 374 g/mol. The van der Waals surface area contributed by atoms with Crippen LogP contribution in [-0.2, 0) is 11.2 Å². The molecule has 2 aromatic rings. The molecule has 0 radical (unpaired) electrons. The van der Waals surface area contributed by atoms with Crippen molar-refractivity contribution in [3.05, 3.63) is 58.6 Å². The van der Waals surface area contributed by atoms with Crippen molar-refractivity contribution in [1.29, 1.82) is 0 Å². The maximum atomic E-state index is 12.0. The molecular formula is C18H20BrNO2S. The van der Waals surface area contributed by atoms with Gasteiger partial charge in [-0.2, -0.15) is 0 Å². The van der Waals surface area contributed by atoms with Crippen molar-refractivity contribution in [3.63, 3.8) is 0 Å². The Balaban J connectivity index is 1.66. The summed E-state index contributed by atoms with van der Waals surface area (Å²) in [6.45, 7) is 2.67. The molecule has 1 amide bonds. The molecule has 5 heteroatoms. The molecule has 0 aromatic heterocycles. The van der Waals surface area contributed by atoms with Crippen LogP contribution >= 0.6 is 27.7 Å². The lowest BCUT2D eigenvalue weighted by atomic mass is 10.1. The molecule has 0 aliphatic heterocycles. The van der Waals surface area contributed by atoms with Gasteiger partial charge in [0.1, 0.15) is 5.75 Å². The molecule has 2 aromatic carbocycles. The van der Waals surface area contributed by atoms with Crippen molar-refractivity contribution in [3.8, 4) is 5.75 Å². The first-order valence-corrected chi connectivity index (χ1v) is 9.47. The number of rotatable bonds is 8. The molecule has 2 rings (SSSR count). The average molecular weight is 394 g/mol. The van der Waals surface area contributed by atoms with E-state index in [4.69, 9.17) is 4.74 Å². The molecule has 0 atom stereocenters. The van der Waals surface area contributed by atoms with E-state index in [0.717, 1.165) is 33.6 Å². The van der Waals surface area contributed by atoms with Crippen molar-refractivity contribution in [2.24, 2.45) is 0 Å². The summed E-state index contributed by atoms with van der Waals surface area (Å²) >= 11 is 4.96. The minimum atomic E-state index is 0.0274. The second-order valence-corrected chi connectivity index (χ2v) is 6.93. The number of thioether (sulfide) groups is 1. The first-order chi connectivity index (χ1) is 11.2. The summed E-state index contributed by atoms with van der Waals surface area (Å²) in [5, 5.41) is 2.97. The number of aryl methyl sites for hydroxylation is 1. The first-order valence-electron chi connectivity index (χ1n) is 7.53. The van der Waals surface area contributed by atoms with Crippen molar-refractivity contribution in [2.45, 2.75) is 13.3 Å². The molecule has 0 unspecified atom stereocenters. The highest BCUT2D eigenvalue weighted by atomic mass is 79.9. The number of ether oxygens (including phenoxy) is 1. The summed E-state index contributed by atoms with van der Waals surface area (Å²) in [6.07, 6.45) is 0.907. The van der Waals surface area contributed by atoms with Crippen molar-refractivity contribution < 1.29 is 9.53 Å². The number of carbonyl (C=O) groups excluding carboxylic acids is 1. The normalized spacial score (nSPS) is 10.3. The highest BCUT2D eigenvalue weighted by molar-refractivity contribution is 9.10. The zero-order valence-corrected chi connectivity index (χ0v) is 15.5. The van der Waals surface area contributed by atoms with Crippen molar-refractivity contribution >= 4 is 39.3 Å². The largest absolute Gasteiger partial charge is 0.493 e. The van der Waals surface area contributed by atoms with Gasteiger partial charge in [-0.25, -0.2) is 0 Å². The fraction of sp³-hybridized carbons (Fsp3) is 0.278. The molecule has 0 saturated heterocycles. The lowest BCUT2D eigenvalue weighted by Gasteiger charge is -2.10. The van der Waals surface area contributed by atoms with Crippen LogP contribution in [0.2, 0.25) is 0 Å². The third-order valence-electron chi connectivity index (χ3n) is 3.22. The van der Waals surface area contributed by atoms with E-state index in [1.165, 1.54) is 0 Å². The van der Waals surface area contributed by atoms with Gasteiger partial charge in [0.05, 0.1) is 12.4 Å². The Kier molecular flexibility index (Phi) is 7.49. The zero-order valence-electron chi connectivity index (χ0n) is 13.0. The number of nitrogens with one attached hydrogen (secondary N) is 1. The standard InChI is InChI=1S/C18H20BrNO2S/c1-2-14-5-3-4-6-17(14)20-18(21)13-23-12-11-22-16-9-7-15(19)8-10-16/h3-10H,2,11-13H2,1H3,(H,20,21). The molecule has 23 heavy (non-hydrogen) atoms. The van der Waals surface area contributed by atoms with Crippen LogP contribution in [-0.4, -0.2) is 24.0 Å². The third-order valence-corrected chi connectivity index (χ3v) is 4.67. The molecule has 0 spiro atoms. The van der Waals surface area contributed by atoms with Crippen LogP contribution in [0.5, 0.6) is 5.75 Å². The van der Waals surface area contributed by atoms with Crippen LogP contribution in [0.3, 0.4) is 0 Å². The molecule has 0 aliphatic rings. The number of anilines is 1. The predicted molar refractivity (Wildman–Crippen MR) is 101 cm³/mol. The Morgan fingerprint density at radius 1 is 1.17 bits per heavy atom. The van der Waals surface area contributed by atoms with Crippen molar-refractivity contribution in [1.82, 2.24) is 0 Å². The zero-order chi connectivity index (χ0) is 16.5. The SMILES string of the molecule is CCc1ccccc1NC(=O)CSCCOc1ccc(Br)cc1. The molecule has 0 saturated carbocycles. The van der Waals surface area contributed by atoms with E-state index >= 15 is 0 Å². The van der Waals surface area contributed by atoms with Gasteiger partial charge >= 0.3 is 0 Å². The van der Waals surface area contributed by atoms with Gasteiger partial charge in [-0.05, 0) is 42.3 Å². The molecule has 0 aliphatic carbocycles. The van der Waals surface area contributed by atoms with Gasteiger partial charge in [-0.1, -0.05) is 41.1 Å². The minimum absolute atomic E-state index is 0.0274. The van der Waals surface area contributed by atoms with Crippen LogP contribution in [0.1, 0.15) is 12.5 Å². The predicted octanol–water partition coefficient (Wildman–Crippen LogP) is 4.76. The van der Waals surface area contributed by atoms with Gasteiger partial charge in [0, 0.05) is 15.9 Å². The van der Waals surface area contributed by atoms with E-state index in [1.54, 1.807) is 11.8 Å². The first kappa shape index (κ1) is 17.9. The Labute approximate surface area is 149 Å². The van der Waals surface area contributed by atoms with Gasteiger partial charge in [-0.15, -0.1) is 11.8 Å². The van der Waals surface area contributed by atoms with E-state index in [9.17, 15) is 4.79 Å². The second-order valence-electron chi connectivity index (χ2n) is 4.91. The maximum Gasteiger partial charge on any atom is 0.234 e. The molecule has 3 nitrogen and oxygen atoms in total. The number of para-hydroxylation sites is 1. The monoisotopic (exact) mass is 393 g/mol. The highest BCUT2D eigenvalue weighted by Crippen LogP contribution is 2.17. The van der Waals surface area contributed by atoms with Gasteiger partial charge in [0.15, 0.2) is 0 Å². The van der Waals surface area contributed by atoms with Crippen LogP contribution < -0.4 is 10.1 Å². The summed E-state index contributed by atoms with van der Waals surface area (Å²) in [6, 6.07) is 15.6. The Morgan fingerprint density at radius 2 is 1.91 bits per heavy atom. The molecule has 122 valence electrons. The third kappa shape index (κ3) is 6.28. The summed E-state index contributed by atoms with van der Waals surface area (Å²) < 4.78 is 6.66. The topological polar surface area (TPSA) is 38.3 Å². The Hall–Kier alpha value is -1.46. The molecule has 1 N–H and O–H groups in total. The van der Waals surface area contributed by atoms with Gasteiger partial charge < -0.3 is 10.1 Å². The number of hydrogen-bond acceptors (Lipinski definition) is 3. The molecule has 0 bridgehead atoms. The van der Waals surface area contributed by atoms with Crippen LogP contribution in [0.15, 0.2) is 53.0 Å². The summed E-state index contributed by atoms with van der Waals surface area (Å²) in [5.41, 5.74) is 2.07. The fourth-order valence-corrected chi connectivity index (χ4v) is 2.92. The quantitative estimate of drug-likeness (QED) is 0.656. The summed E-state index contributed by atoms with van der Waals surface area (Å²) in [5.74, 6) is 2.08. The number of carbonyl (C=O) groups is 1. The molecule has 0 fully saturated rings. The van der Waals surface area contributed by atoms with Gasteiger partial charge in [0.2, 0.25) is 5.91 Å². The van der Waals surface area contributed by atoms with Crippen molar-refractivity contribution in [2.75, 3.05) is 23.4 Å². The van der Waals surface area contributed by atoms with E-state index in [0.29, 0.717) is 12.4 Å². The summed E-state index contributed by atoms with van der Waals surface area (Å²) in [7, 11) is 0.